The van der Waals surface area contributed by atoms with Crippen LogP contribution in [0.25, 0.3) is 11.6 Å². The number of carbonyl (C=O) groups is 1. The molecule has 2 aromatic carbocycles. The number of carbonyl (C=O) groups excluding carboxylic acids is 1. The molecule has 0 N–H and O–H groups in total. The summed E-state index contributed by atoms with van der Waals surface area (Å²) in [6, 6.07) is 17.9. The Bertz CT molecular complexity index is 648. The van der Waals surface area contributed by atoms with Gasteiger partial charge in [-0.15, -0.1) is 0 Å². The maximum Gasteiger partial charge on any atom is 0.186 e. The molecule has 0 aliphatic heterocycles. The zero-order valence-electron chi connectivity index (χ0n) is 9.84. The Balaban J connectivity index is 2.12. The average molecular weight is 232 g/mol. The number of hydrogen-bond acceptors (Lipinski definition) is 1. The van der Waals surface area contributed by atoms with Crippen LogP contribution in [-0.2, 0) is 0 Å². The number of rotatable bonds is 1. The summed E-state index contributed by atoms with van der Waals surface area (Å²) in [5.74, 6) is 0.0795. The average Bonchev–Trinajstić information content (AvgIpc) is 2.44. The second-order valence-electron chi connectivity index (χ2n) is 4.25. The molecule has 0 fully saturated rings. The third-order valence-corrected chi connectivity index (χ3v) is 3.04. The van der Waals surface area contributed by atoms with E-state index >= 15 is 0 Å². The minimum Gasteiger partial charge on any atom is -0.289 e. The van der Waals surface area contributed by atoms with Crippen LogP contribution < -0.4 is 0 Å². The summed E-state index contributed by atoms with van der Waals surface area (Å²) >= 11 is 0. The first-order valence-electron chi connectivity index (χ1n) is 5.93. The quantitative estimate of drug-likeness (QED) is 0.726. The SMILES string of the molecule is O=C1C=CC(=Cc2ccccc2)c2ccccc21. The van der Waals surface area contributed by atoms with Gasteiger partial charge < -0.3 is 0 Å². The Hall–Kier alpha value is -2.41. The fourth-order valence-corrected chi connectivity index (χ4v) is 2.15. The smallest absolute Gasteiger partial charge is 0.186 e. The van der Waals surface area contributed by atoms with E-state index in [0.717, 1.165) is 22.3 Å². The second kappa shape index (κ2) is 4.46. The minimum absolute atomic E-state index is 0.0795. The Morgan fingerprint density at radius 3 is 2.17 bits per heavy atom. The lowest BCUT2D eigenvalue weighted by molar-refractivity contribution is 0.104. The summed E-state index contributed by atoms with van der Waals surface area (Å²) in [6.45, 7) is 0. The van der Waals surface area contributed by atoms with Crippen molar-refractivity contribution in [1.82, 2.24) is 0 Å². The predicted octanol–water partition coefficient (Wildman–Crippen LogP) is 3.98. The fraction of sp³-hybridized carbons (Fsp3) is 0. The number of benzene rings is 2. The molecule has 1 heteroatoms. The minimum atomic E-state index is 0.0795. The standard InChI is InChI=1S/C17H12O/c18-17-11-10-14(12-13-6-2-1-3-7-13)15-8-4-5-9-16(15)17/h1-12H. The van der Waals surface area contributed by atoms with Crippen LogP contribution >= 0.6 is 0 Å². The molecule has 86 valence electrons. The van der Waals surface area contributed by atoms with E-state index in [1.54, 1.807) is 6.08 Å². The molecule has 0 saturated heterocycles. The molecule has 0 amide bonds. The van der Waals surface area contributed by atoms with Gasteiger partial charge in [-0.1, -0.05) is 60.7 Å². The highest BCUT2D eigenvalue weighted by Crippen LogP contribution is 2.27. The van der Waals surface area contributed by atoms with Gasteiger partial charge in [-0.2, -0.15) is 0 Å². The Labute approximate surface area is 106 Å². The van der Waals surface area contributed by atoms with E-state index in [-0.39, 0.29) is 5.78 Å². The van der Waals surface area contributed by atoms with Crippen molar-refractivity contribution in [3.05, 3.63) is 83.4 Å². The lowest BCUT2D eigenvalue weighted by atomic mass is 9.90. The highest BCUT2D eigenvalue weighted by Gasteiger charge is 2.14. The first-order valence-corrected chi connectivity index (χ1v) is 5.93. The van der Waals surface area contributed by atoms with Crippen LogP contribution in [0.4, 0.5) is 0 Å². The van der Waals surface area contributed by atoms with E-state index in [1.165, 1.54) is 0 Å². The molecule has 0 saturated carbocycles. The summed E-state index contributed by atoms with van der Waals surface area (Å²) in [5, 5.41) is 0. The molecular weight excluding hydrogens is 220 g/mol. The molecule has 0 bridgehead atoms. The molecule has 0 unspecified atom stereocenters. The number of hydrogen-bond donors (Lipinski definition) is 0. The van der Waals surface area contributed by atoms with Crippen LogP contribution in [0.5, 0.6) is 0 Å². The van der Waals surface area contributed by atoms with Gasteiger partial charge in [0.1, 0.15) is 0 Å². The van der Waals surface area contributed by atoms with Crippen LogP contribution in [0.1, 0.15) is 21.5 Å². The van der Waals surface area contributed by atoms with E-state index in [2.05, 4.69) is 18.2 Å². The lowest BCUT2D eigenvalue weighted by Gasteiger charge is -2.12. The van der Waals surface area contributed by atoms with E-state index < -0.39 is 0 Å². The second-order valence-corrected chi connectivity index (χ2v) is 4.25. The van der Waals surface area contributed by atoms with Gasteiger partial charge in [-0.3, -0.25) is 4.79 Å². The Morgan fingerprint density at radius 2 is 1.39 bits per heavy atom. The summed E-state index contributed by atoms with van der Waals surface area (Å²) in [5.41, 5.74) is 4.01. The first-order chi connectivity index (χ1) is 8.84. The topological polar surface area (TPSA) is 17.1 Å². The zero-order valence-corrected chi connectivity index (χ0v) is 9.84. The van der Waals surface area contributed by atoms with Crippen molar-refractivity contribution in [2.24, 2.45) is 0 Å². The highest BCUT2D eigenvalue weighted by molar-refractivity contribution is 6.14. The molecule has 2 aromatic rings. The van der Waals surface area contributed by atoms with Gasteiger partial charge >= 0.3 is 0 Å². The Morgan fingerprint density at radius 1 is 0.722 bits per heavy atom. The van der Waals surface area contributed by atoms with Crippen LogP contribution in [0, 0.1) is 0 Å². The van der Waals surface area contributed by atoms with Crippen LogP contribution in [0.3, 0.4) is 0 Å². The third kappa shape index (κ3) is 1.91. The molecule has 18 heavy (non-hydrogen) atoms. The molecule has 1 aliphatic carbocycles. The fourth-order valence-electron chi connectivity index (χ4n) is 2.15. The molecule has 0 heterocycles. The van der Waals surface area contributed by atoms with Gasteiger partial charge in [0, 0.05) is 5.56 Å². The van der Waals surface area contributed by atoms with Gasteiger partial charge in [-0.05, 0) is 28.9 Å². The molecule has 3 rings (SSSR count). The number of allylic oxidation sites excluding steroid dienone is 3. The normalized spacial score (nSPS) is 15.8. The molecule has 0 aromatic heterocycles. The van der Waals surface area contributed by atoms with Crippen molar-refractivity contribution in [3.63, 3.8) is 0 Å². The van der Waals surface area contributed by atoms with Crippen LogP contribution in [0.2, 0.25) is 0 Å². The third-order valence-electron chi connectivity index (χ3n) is 3.04. The summed E-state index contributed by atoms with van der Waals surface area (Å²) in [6.07, 6.45) is 5.62. The molecule has 1 nitrogen and oxygen atoms in total. The molecule has 0 radical (unpaired) electrons. The zero-order chi connectivity index (χ0) is 12.4. The Kier molecular flexibility index (Phi) is 2.66. The van der Waals surface area contributed by atoms with Gasteiger partial charge in [0.25, 0.3) is 0 Å². The molecular formula is C17H12O. The van der Waals surface area contributed by atoms with Crippen LogP contribution in [0.15, 0.2) is 66.7 Å². The van der Waals surface area contributed by atoms with Gasteiger partial charge in [0.15, 0.2) is 5.78 Å². The summed E-state index contributed by atoms with van der Waals surface area (Å²) in [7, 11) is 0. The predicted molar refractivity (Wildman–Crippen MR) is 74.2 cm³/mol. The van der Waals surface area contributed by atoms with Crippen molar-refractivity contribution in [3.8, 4) is 0 Å². The molecule has 0 atom stereocenters. The molecule has 0 spiro atoms. The van der Waals surface area contributed by atoms with Gasteiger partial charge in [0.05, 0.1) is 0 Å². The van der Waals surface area contributed by atoms with Crippen molar-refractivity contribution < 1.29 is 4.79 Å². The van der Waals surface area contributed by atoms with Crippen molar-refractivity contribution >= 4 is 17.4 Å². The van der Waals surface area contributed by atoms with Gasteiger partial charge in [-0.25, -0.2) is 0 Å². The molecule has 1 aliphatic rings. The van der Waals surface area contributed by atoms with E-state index in [0.29, 0.717) is 0 Å². The van der Waals surface area contributed by atoms with Crippen molar-refractivity contribution in [2.75, 3.05) is 0 Å². The highest BCUT2D eigenvalue weighted by atomic mass is 16.1. The number of ketones is 1. The van der Waals surface area contributed by atoms with Crippen molar-refractivity contribution in [1.29, 1.82) is 0 Å². The monoisotopic (exact) mass is 232 g/mol. The summed E-state index contributed by atoms with van der Waals surface area (Å²) < 4.78 is 0. The maximum absolute atomic E-state index is 11.8. The van der Waals surface area contributed by atoms with Crippen molar-refractivity contribution in [2.45, 2.75) is 0 Å². The summed E-state index contributed by atoms with van der Waals surface area (Å²) in [4.78, 5) is 11.8. The van der Waals surface area contributed by atoms with E-state index in [9.17, 15) is 4.79 Å². The van der Waals surface area contributed by atoms with E-state index in [1.807, 2.05) is 48.5 Å². The van der Waals surface area contributed by atoms with Crippen LogP contribution in [-0.4, -0.2) is 5.78 Å². The lowest BCUT2D eigenvalue weighted by Crippen LogP contribution is -2.04. The maximum atomic E-state index is 11.8. The first kappa shape index (κ1) is 10.7. The number of fused-ring (bicyclic) bond motifs is 1. The van der Waals surface area contributed by atoms with Gasteiger partial charge in [0.2, 0.25) is 0 Å². The van der Waals surface area contributed by atoms with E-state index in [4.69, 9.17) is 0 Å². The largest absolute Gasteiger partial charge is 0.289 e.